The van der Waals surface area contributed by atoms with E-state index in [1.54, 1.807) is 0 Å². The van der Waals surface area contributed by atoms with Crippen LogP contribution in [-0.4, -0.2) is 37.5 Å². The van der Waals surface area contributed by atoms with Crippen LogP contribution in [0, 0.1) is 0 Å². The van der Waals surface area contributed by atoms with E-state index in [2.05, 4.69) is 20.6 Å². The number of carbonyl (C=O) groups is 1. The molecule has 1 heterocycles. The lowest BCUT2D eigenvalue weighted by Crippen LogP contribution is -1.98. The largest absolute Gasteiger partial charge is 0.481 e. The first-order chi connectivity index (χ1) is 8.25. The molecule has 0 saturated heterocycles. The third kappa shape index (κ3) is 3.28. The molecule has 0 aliphatic heterocycles. The third-order valence-electron chi connectivity index (χ3n) is 2.05. The van der Waals surface area contributed by atoms with Crippen LogP contribution in [0.2, 0.25) is 0 Å². The van der Waals surface area contributed by atoms with E-state index in [4.69, 9.17) is 5.11 Å². The normalized spacial score (nSPS) is 10.4. The van der Waals surface area contributed by atoms with Crippen molar-refractivity contribution in [3.63, 3.8) is 0 Å². The number of thioether (sulfide) groups is 1. The molecule has 0 atom stereocenters. The molecule has 0 amide bonds. The highest BCUT2D eigenvalue weighted by atomic mass is 32.2. The molecule has 2 N–H and O–H groups in total. The number of hydrogen-bond donors (Lipinski definition) is 2. The predicted molar refractivity (Wildman–Crippen MR) is 63.4 cm³/mol. The maximum atomic E-state index is 10.4. The highest BCUT2D eigenvalue weighted by Gasteiger charge is 2.03. The number of benzene rings is 1. The molecule has 1 aromatic carbocycles. The van der Waals surface area contributed by atoms with Crippen LogP contribution >= 0.6 is 11.8 Å². The van der Waals surface area contributed by atoms with Gasteiger partial charge in [0.25, 0.3) is 0 Å². The Morgan fingerprint density at radius 3 is 2.71 bits per heavy atom. The summed E-state index contributed by atoms with van der Waals surface area (Å²) in [4.78, 5) is 10.4. The number of aromatic amines is 1. The Labute approximate surface area is 101 Å². The second-order valence-corrected chi connectivity index (χ2v) is 4.30. The second kappa shape index (κ2) is 5.44. The van der Waals surface area contributed by atoms with Crippen molar-refractivity contribution in [2.45, 2.75) is 5.75 Å². The lowest BCUT2D eigenvalue weighted by atomic mass is 10.1. The molecule has 0 fully saturated rings. The molecule has 88 valence electrons. The van der Waals surface area contributed by atoms with Gasteiger partial charge in [-0.2, -0.15) is 5.21 Å². The fraction of sp³-hybridized carbons (Fsp3) is 0.200. The highest BCUT2D eigenvalue weighted by molar-refractivity contribution is 7.99. The fourth-order valence-corrected chi connectivity index (χ4v) is 2.00. The first-order valence-electron chi connectivity index (χ1n) is 4.88. The molecule has 0 unspecified atom stereocenters. The van der Waals surface area contributed by atoms with Gasteiger partial charge in [-0.25, -0.2) is 0 Å². The van der Waals surface area contributed by atoms with Gasteiger partial charge in [-0.15, -0.1) is 22.0 Å². The zero-order valence-electron chi connectivity index (χ0n) is 8.83. The van der Waals surface area contributed by atoms with Crippen molar-refractivity contribution >= 4 is 17.7 Å². The van der Waals surface area contributed by atoms with Crippen molar-refractivity contribution < 1.29 is 9.90 Å². The summed E-state index contributed by atoms with van der Waals surface area (Å²) >= 11 is 1.37. The minimum absolute atomic E-state index is 0.118. The average Bonchev–Trinajstić information content (AvgIpc) is 2.83. The van der Waals surface area contributed by atoms with Crippen LogP contribution in [0.15, 0.2) is 24.3 Å². The standard InChI is InChI=1S/C10H10N4O2S/c15-9(16)6-17-5-7-1-3-8(4-2-7)10-11-13-14-12-10/h1-4H,5-6H2,(H,15,16)(H,11,12,13,14). The van der Waals surface area contributed by atoms with E-state index in [-0.39, 0.29) is 5.75 Å². The van der Waals surface area contributed by atoms with E-state index in [1.807, 2.05) is 24.3 Å². The molecule has 1 aromatic heterocycles. The molecule has 7 heteroatoms. The second-order valence-electron chi connectivity index (χ2n) is 3.32. The van der Waals surface area contributed by atoms with Gasteiger partial charge in [0.05, 0.1) is 5.75 Å². The predicted octanol–water partition coefficient (Wildman–Crippen LogP) is 1.18. The number of H-pyrrole nitrogens is 1. The zero-order valence-corrected chi connectivity index (χ0v) is 9.65. The van der Waals surface area contributed by atoms with Crippen LogP contribution in [0.4, 0.5) is 0 Å². The summed E-state index contributed by atoms with van der Waals surface area (Å²) in [6, 6.07) is 7.64. The Kier molecular flexibility index (Phi) is 3.71. The van der Waals surface area contributed by atoms with Crippen LogP contribution in [0.25, 0.3) is 11.4 Å². The maximum Gasteiger partial charge on any atom is 0.313 e. The van der Waals surface area contributed by atoms with Crippen LogP contribution in [0.3, 0.4) is 0 Å². The molecule has 6 nitrogen and oxygen atoms in total. The van der Waals surface area contributed by atoms with Gasteiger partial charge >= 0.3 is 5.97 Å². The third-order valence-corrected chi connectivity index (χ3v) is 3.04. The molecular formula is C10H10N4O2S. The van der Waals surface area contributed by atoms with Crippen LogP contribution < -0.4 is 0 Å². The van der Waals surface area contributed by atoms with Crippen molar-refractivity contribution in [3.05, 3.63) is 29.8 Å². The lowest BCUT2D eigenvalue weighted by molar-refractivity contribution is -0.133. The Morgan fingerprint density at radius 2 is 2.12 bits per heavy atom. The Hall–Kier alpha value is -1.89. The van der Waals surface area contributed by atoms with Gasteiger partial charge in [-0.05, 0) is 10.8 Å². The number of rotatable bonds is 5. The molecular weight excluding hydrogens is 240 g/mol. The topological polar surface area (TPSA) is 91.8 Å². The molecule has 0 saturated carbocycles. The van der Waals surface area contributed by atoms with Crippen LogP contribution in [0.5, 0.6) is 0 Å². The smallest absolute Gasteiger partial charge is 0.313 e. The number of carboxylic acids is 1. The molecule has 0 bridgehead atoms. The fourth-order valence-electron chi connectivity index (χ4n) is 1.29. The summed E-state index contributed by atoms with van der Waals surface area (Å²) in [5.41, 5.74) is 1.95. The molecule has 2 rings (SSSR count). The van der Waals surface area contributed by atoms with Crippen LogP contribution in [-0.2, 0) is 10.5 Å². The Bertz CT molecular complexity index is 484. The molecule has 0 aliphatic rings. The van der Waals surface area contributed by atoms with Crippen molar-refractivity contribution in [3.8, 4) is 11.4 Å². The summed E-state index contributed by atoms with van der Waals surface area (Å²) in [5, 5.41) is 22.1. The molecule has 2 aromatic rings. The number of carboxylic acid groups (broad SMARTS) is 1. The first-order valence-corrected chi connectivity index (χ1v) is 6.03. The summed E-state index contributed by atoms with van der Waals surface area (Å²) < 4.78 is 0. The van der Waals surface area contributed by atoms with Crippen LogP contribution in [0.1, 0.15) is 5.56 Å². The van der Waals surface area contributed by atoms with Gasteiger partial charge in [0.15, 0.2) is 0 Å². The number of nitrogens with zero attached hydrogens (tertiary/aromatic N) is 3. The van der Waals surface area contributed by atoms with Crippen molar-refractivity contribution in [2.24, 2.45) is 0 Å². The monoisotopic (exact) mass is 250 g/mol. The van der Waals surface area contributed by atoms with Gasteiger partial charge in [0, 0.05) is 11.3 Å². The summed E-state index contributed by atoms with van der Waals surface area (Å²) in [5.74, 6) is 0.555. The number of nitrogens with one attached hydrogen (secondary N) is 1. The number of tetrazole rings is 1. The average molecular weight is 250 g/mol. The van der Waals surface area contributed by atoms with Crippen molar-refractivity contribution in [2.75, 3.05) is 5.75 Å². The molecule has 0 radical (unpaired) electrons. The quantitative estimate of drug-likeness (QED) is 0.828. The van der Waals surface area contributed by atoms with Crippen molar-refractivity contribution in [1.29, 1.82) is 0 Å². The number of aromatic nitrogens is 4. The zero-order chi connectivity index (χ0) is 12.1. The summed E-state index contributed by atoms with van der Waals surface area (Å²) in [6.45, 7) is 0. The molecule has 0 spiro atoms. The van der Waals surface area contributed by atoms with E-state index in [0.29, 0.717) is 11.6 Å². The van der Waals surface area contributed by atoms with E-state index in [0.717, 1.165) is 11.1 Å². The highest BCUT2D eigenvalue weighted by Crippen LogP contribution is 2.17. The summed E-state index contributed by atoms with van der Waals surface area (Å²) in [6.07, 6.45) is 0. The maximum absolute atomic E-state index is 10.4. The molecule has 0 aliphatic carbocycles. The van der Waals surface area contributed by atoms with Crippen molar-refractivity contribution in [1.82, 2.24) is 20.6 Å². The first kappa shape index (κ1) is 11.6. The number of aliphatic carboxylic acids is 1. The summed E-state index contributed by atoms with van der Waals surface area (Å²) in [7, 11) is 0. The van der Waals surface area contributed by atoms with E-state index >= 15 is 0 Å². The van der Waals surface area contributed by atoms with Gasteiger partial charge in [0.1, 0.15) is 0 Å². The minimum atomic E-state index is -0.793. The molecule has 17 heavy (non-hydrogen) atoms. The lowest BCUT2D eigenvalue weighted by Gasteiger charge is -2.00. The Balaban J connectivity index is 1.96. The Morgan fingerprint density at radius 1 is 1.35 bits per heavy atom. The van der Waals surface area contributed by atoms with E-state index in [1.165, 1.54) is 11.8 Å². The number of hydrogen-bond acceptors (Lipinski definition) is 5. The van der Waals surface area contributed by atoms with E-state index in [9.17, 15) is 4.79 Å². The van der Waals surface area contributed by atoms with Gasteiger partial charge in [-0.3, -0.25) is 4.79 Å². The van der Waals surface area contributed by atoms with Gasteiger partial charge < -0.3 is 5.11 Å². The minimum Gasteiger partial charge on any atom is -0.481 e. The van der Waals surface area contributed by atoms with E-state index < -0.39 is 5.97 Å². The SMILES string of the molecule is O=C(O)CSCc1ccc(-c2nn[nH]n2)cc1. The van der Waals surface area contributed by atoms with Gasteiger partial charge in [-0.1, -0.05) is 24.3 Å². The van der Waals surface area contributed by atoms with Gasteiger partial charge in [0.2, 0.25) is 5.82 Å².